The maximum Gasteiger partial charge on any atom is 0.244 e. The maximum absolute atomic E-state index is 10.8. The van der Waals surface area contributed by atoms with E-state index in [4.69, 9.17) is 5.26 Å². The molecule has 1 N–H and O–H groups in total. The molecule has 0 unspecified atom stereocenters. The number of nitrogens with zero attached hydrogens (tertiary/aromatic N) is 1. The Labute approximate surface area is 61.7 Å². The highest BCUT2D eigenvalue weighted by atomic mass is 16.2. The van der Waals surface area contributed by atoms with Crippen LogP contribution in [0.5, 0.6) is 0 Å². The molecule has 0 spiro atoms. The Balaban J connectivity index is 3.73. The van der Waals surface area contributed by atoms with E-state index in [1.54, 1.807) is 6.07 Å². The number of nitriles is 1. The van der Waals surface area contributed by atoms with E-state index in [2.05, 4.69) is 4.98 Å². The van der Waals surface area contributed by atoms with E-state index >= 15 is 0 Å². The lowest BCUT2D eigenvalue weighted by Crippen LogP contribution is -2.21. The van der Waals surface area contributed by atoms with E-state index in [-0.39, 0.29) is 5.56 Å². The van der Waals surface area contributed by atoms with Gasteiger partial charge in [-0.25, -0.2) is 0 Å². The summed E-state index contributed by atoms with van der Waals surface area (Å²) in [6, 6.07) is 2.70. The molecule has 0 aromatic carbocycles. The van der Waals surface area contributed by atoms with Crippen molar-refractivity contribution in [2.75, 3.05) is 0 Å². The van der Waals surface area contributed by atoms with E-state index in [9.17, 15) is 9.59 Å². The summed E-state index contributed by atoms with van der Waals surface area (Å²) in [5.41, 5.74) is -1.61. The molecule has 0 aliphatic rings. The lowest BCUT2D eigenvalue weighted by Gasteiger charge is -1.71. The van der Waals surface area contributed by atoms with Crippen molar-refractivity contribution >= 4 is 0 Å². The number of aromatic nitrogens is 1. The molecule has 0 bridgehead atoms. The van der Waals surface area contributed by atoms with Crippen LogP contribution in [0.2, 0.25) is 0 Å². The standard InChI is InChI=1S/C7H4N2O2/c8-3-5-4-9-2-1-6(10)7(5)11/h1-2,4,9H. The second-order valence-electron chi connectivity index (χ2n) is 1.86. The SMILES string of the molecule is N#Cc1c[nH]ccc(=O)c1=O. The molecule has 0 aliphatic heterocycles. The second kappa shape index (κ2) is 2.80. The first-order valence-corrected chi connectivity index (χ1v) is 2.87. The topological polar surface area (TPSA) is 73.7 Å². The van der Waals surface area contributed by atoms with E-state index < -0.39 is 10.9 Å². The van der Waals surface area contributed by atoms with Gasteiger partial charge in [0.2, 0.25) is 10.9 Å². The summed E-state index contributed by atoms with van der Waals surface area (Å²) in [7, 11) is 0. The van der Waals surface area contributed by atoms with Crippen molar-refractivity contribution in [3.63, 3.8) is 0 Å². The van der Waals surface area contributed by atoms with Gasteiger partial charge in [0.05, 0.1) is 0 Å². The van der Waals surface area contributed by atoms with Crippen LogP contribution in [0.1, 0.15) is 5.56 Å². The van der Waals surface area contributed by atoms with Gasteiger partial charge in [-0.05, 0) is 0 Å². The van der Waals surface area contributed by atoms with Crippen molar-refractivity contribution in [3.8, 4) is 6.07 Å². The van der Waals surface area contributed by atoms with Crippen LogP contribution in [-0.4, -0.2) is 4.98 Å². The van der Waals surface area contributed by atoms with E-state index in [0.29, 0.717) is 0 Å². The molecule has 1 rings (SSSR count). The fraction of sp³-hybridized carbons (Fsp3) is 0. The number of aromatic amines is 1. The largest absolute Gasteiger partial charge is 0.366 e. The molecular weight excluding hydrogens is 144 g/mol. The van der Waals surface area contributed by atoms with Crippen LogP contribution in [0.25, 0.3) is 0 Å². The molecule has 0 atom stereocenters. The van der Waals surface area contributed by atoms with E-state index in [1.807, 2.05) is 0 Å². The van der Waals surface area contributed by atoms with Crippen molar-refractivity contribution in [3.05, 3.63) is 44.5 Å². The summed E-state index contributed by atoms with van der Waals surface area (Å²) in [6.07, 6.45) is 2.51. The molecule has 1 heterocycles. The van der Waals surface area contributed by atoms with Crippen LogP contribution in [0, 0.1) is 11.3 Å². The highest BCUT2D eigenvalue weighted by molar-refractivity contribution is 5.23. The summed E-state index contributed by atoms with van der Waals surface area (Å²) in [4.78, 5) is 24.1. The van der Waals surface area contributed by atoms with Crippen LogP contribution < -0.4 is 10.9 Å². The number of nitrogens with one attached hydrogen (secondary N) is 1. The fourth-order valence-corrected chi connectivity index (χ4v) is 0.612. The third kappa shape index (κ3) is 1.33. The van der Waals surface area contributed by atoms with Crippen LogP contribution in [0.3, 0.4) is 0 Å². The van der Waals surface area contributed by atoms with Gasteiger partial charge >= 0.3 is 0 Å². The van der Waals surface area contributed by atoms with Gasteiger partial charge < -0.3 is 4.98 Å². The number of rotatable bonds is 0. The predicted octanol–water partition coefficient (Wildman–Crippen LogP) is -0.393. The van der Waals surface area contributed by atoms with Gasteiger partial charge in [0, 0.05) is 18.5 Å². The number of hydrogen-bond donors (Lipinski definition) is 1. The molecular formula is C7H4N2O2. The van der Waals surface area contributed by atoms with Crippen molar-refractivity contribution in [2.45, 2.75) is 0 Å². The van der Waals surface area contributed by atoms with Crippen molar-refractivity contribution in [1.29, 1.82) is 5.26 Å². The lowest BCUT2D eigenvalue weighted by molar-refractivity contribution is 1.34. The Morgan fingerprint density at radius 2 is 2.18 bits per heavy atom. The Morgan fingerprint density at radius 1 is 1.45 bits per heavy atom. The maximum atomic E-state index is 10.8. The molecule has 0 aliphatic carbocycles. The second-order valence-corrected chi connectivity index (χ2v) is 1.86. The van der Waals surface area contributed by atoms with Gasteiger partial charge in [0.15, 0.2) is 0 Å². The molecule has 54 valence electrons. The molecule has 1 aromatic rings. The highest BCUT2D eigenvalue weighted by Gasteiger charge is 1.96. The average Bonchev–Trinajstić information content (AvgIpc) is 2.16. The minimum Gasteiger partial charge on any atom is -0.366 e. The predicted molar refractivity (Wildman–Crippen MR) is 38.0 cm³/mol. The first-order valence-electron chi connectivity index (χ1n) is 2.87. The number of hydrogen-bond acceptors (Lipinski definition) is 3. The molecule has 0 radical (unpaired) electrons. The summed E-state index contributed by atoms with van der Waals surface area (Å²) in [5.74, 6) is 0. The number of H-pyrrole nitrogens is 1. The van der Waals surface area contributed by atoms with Crippen LogP contribution in [0.15, 0.2) is 28.0 Å². The summed E-state index contributed by atoms with van der Waals surface area (Å²) < 4.78 is 0. The van der Waals surface area contributed by atoms with Gasteiger partial charge in [-0.1, -0.05) is 0 Å². The summed E-state index contributed by atoms with van der Waals surface area (Å²) in [6.45, 7) is 0. The van der Waals surface area contributed by atoms with Crippen LogP contribution >= 0.6 is 0 Å². The van der Waals surface area contributed by atoms with Crippen molar-refractivity contribution in [1.82, 2.24) is 4.98 Å². The fourth-order valence-electron chi connectivity index (χ4n) is 0.612. The minimum atomic E-state index is -0.770. The van der Waals surface area contributed by atoms with Gasteiger partial charge in [0.1, 0.15) is 11.6 Å². The Morgan fingerprint density at radius 3 is 2.82 bits per heavy atom. The lowest BCUT2D eigenvalue weighted by atomic mass is 10.3. The molecule has 4 nitrogen and oxygen atoms in total. The van der Waals surface area contributed by atoms with Crippen LogP contribution in [-0.2, 0) is 0 Å². The van der Waals surface area contributed by atoms with E-state index in [1.165, 1.54) is 12.4 Å². The van der Waals surface area contributed by atoms with Crippen molar-refractivity contribution < 1.29 is 0 Å². The zero-order chi connectivity index (χ0) is 8.27. The summed E-state index contributed by atoms with van der Waals surface area (Å²) >= 11 is 0. The average molecular weight is 148 g/mol. The molecule has 0 amide bonds. The van der Waals surface area contributed by atoms with E-state index in [0.717, 1.165) is 6.07 Å². The third-order valence-electron chi connectivity index (χ3n) is 1.15. The first kappa shape index (κ1) is 7.22. The van der Waals surface area contributed by atoms with Crippen molar-refractivity contribution in [2.24, 2.45) is 0 Å². The smallest absolute Gasteiger partial charge is 0.244 e. The molecule has 0 saturated heterocycles. The Hall–Kier alpha value is -1.89. The molecule has 0 saturated carbocycles. The zero-order valence-electron chi connectivity index (χ0n) is 5.50. The summed E-state index contributed by atoms with van der Waals surface area (Å²) in [5, 5.41) is 8.35. The third-order valence-corrected chi connectivity index (χ3v) is 1.15. The molecule has 4 heteroatoms. The van der Waals surface area contributed by atoms with Crippen LogP contribution in [0.4, 0.5) is 0 Å². The normalized spacial score (nSPS) is 8.64. The highest BCUT2D eigenvalue weighted by Crippen LogP contribution is 1.77. The quantitative estimate of drug-likeness (QED) is 0.509. The first-order chi connectivity index (χ1) is 5.25. The Bertz CT molecular complexity index is 414. The van der Waals surface area contributed by atoms with Gasteiger partial charge in [0.25, 0.3) is 0 Å². The zero-order valence-corrected chi connectivity index (χ0v) is 5.50. The monoisotopic (exact) mass is 148 g/mol. The van der Waals surface area contributed by atoms with Gasteiger partial charge in [-0.3, -0.25) is 9.59 Å². The molecule has 1 aromatic heterocycles. The molecule has 11 heavy (non-hydrogen) atoms. The molecule has 0 fully saturated rings. The Kier molecular flexibility index (Phi) is 1.83. The van der Waals surface area contributed by atoms with Gasteiger partial charge in [-0.15, -0.1) is 0 Å². The minimum absolute atomic E-state index is 0.167. The van der Waals surface area contributed by atoms with Gasteiger partial charge in [-0.2, -0.15) is 5.26 Å².